The number of para-hydroxylation sites is 1. The van der Waals surface area contributed by atoms with Gasteiger partial charge in [0.15, 0.2) is 0 Å². The fourth-order valence-electron chi connectivity index (χ4n) is 2.84. The normalized spacial score (nSPS) is 14.3. The van der Waals surface area contributed by atoms with E-state index in [0.717, 1.165) is 18.7 Å². The van der Waals surface area contributed by atoms with E-state index in [9.17, 15) is 15.0 Å². The summed E-state index contributed by atoms with van der Waals surface area (Å²) in [5, 5.41) is 19.1. The number of carboxylic acid groups (broad SMARTS) is 1. The average Bonchev–Trinajstić information content (AvgIpc) is 2.75. The Labute approximate surface area is 124 Å². The number of nitrogens with zero attached hydrogens (tertiary/aromatic N) is 2. The van der Waals surface area contributed by atoms with Crippen LogP contribution in [0, 0.1) is 0 Å². The first-order valence-electron chi connectivity index (χ1n) is 7.36. The van der Waals surface area contributed by atoms with Gasteiger partial charge in [0, 0.05) is 12.5 Å². The molecule has 114 valence electrons. The topological polar surface area (TPSA) is 75.3 Å². The summed E-state index contributed by atoms with van der Waals surface area (Å²) in [4.78, 5) is 16.1. The molecule has 2 aromatic rings. The zero-order valence-corrected chi connectivity index (χ0v) is 12.7. The van der Waals surface area contributed by atoms with Gasteiger partial charge >= 0.3 is 5.97 Å². The second-order valence-electron chi connectivity index (χ2n) is 5.56. The maximum Gasteiger partial charge on any atom is 0.337 e. The van der Waals surface area contributed by atoms with Crippen LogP contribution in [0.25, 0.3) is 11.0 Å². The molecule has 1 heterocycles. The second-order valence-corrected chi connectivity index (χ2v) is 5.56. The van der Waals surface area contributed by atoms with E-state index in [-0.39, 0.29) is 11.6 Å². The molecule has 0 spiro atoms. The molecule has 0 amide bonds. The van der Waals surface area contributed by atoms with Crippen LogP contribution < -0.4 is 0 Å². The molecule has 0 saturated heterocycles. The molecule has 5 nitrogen and oxygen atoms in total. The van der Waals surface area contributed by atoms with Crippen LogP contribution in [0.5, 0.6) is 0 Å². The summed E-state index contributed by atoms with van der Waals surface area (Å²) in [7, 11) is 0. The molecule has 0 aliphatic rings. The van der Waals surface area contributed by atoms with Crippen LogP contribution in [0.3, 0.4) is 0 Å². The van der Waals surface area contributed by atoms with Gasteiger partial charge in [0.25, 0.3) is 0 Å². The fraction of sp³-hybridized carbons (Fsp3) is 0.500. The zero-order valence-electron chi connectivity index (χ0n) is 12.7. The third-order valence-electron chi connectivity index (χ3n) is 3.61. The van der Waals surface area contributed by atoms with E-state index in [2.05, 4.69) is 11.9 Å². The predicted octanol–water partition coefficient (Wildman–Crippen LogP) is 3.02. The number of carbonyl (C=O) groups is 1. The lowest BCUT2D eigenvalue weighted by molar-refractivity contribution is 0.0698. The van der Waals surface area contributed by atoms with Crippen LogP contribution in [-0.2, 0) is 6.42 Å². The second kappa shape index (κ2) is 6.26. The molecule has 0 radical (unpaired) electrons. The van der Waals surface area contributed by atoms with Crippen LogP contribution in [-0.4, -0.2) is 31.8 Å². The molecule has 2 unspecified atom stereocenters. The van der Waals surface area contributed by atoms with Crippen molar-refractivity contribution in [1.82, 2.24) is 9.55 Å². The molecule has 2 rings (SSSR count). The highest BCUT2D eigenvalue weighted by molar-refractivity contribution is 6.01. The van der Waals surface area contributed by atoms with Crippen molar-refractivity contribution >= 4 is 17.0 Å². The predicted molar refractivity (Wildman–Crippen MR) is 81.7 cm³/mol. The number of imidazole rings is 1. The highest BCUT2D eigenvalue weighted by Gasteiger charge is 2.21. The Kier molecular flexibility index (Phi) is 4.63. The third kappa shape index (κ3) is 3.08. The molecule has 21 heavy (non-hydrogen) atoms. The summed E-state index contributed by atoms with van der Waals surface area (Å²) in [6, 6.07) is 5.16. The molecule has 0 bridgehead atoms. The minimum atomic E-state index is -0.950. The Morgan fingerprint density at radius 3 is 2.67 bits per heavy atom. The number of aliphatic hydroxyl groups is 1. The monoisotopic (exact) mass is 290 g/mol. The van der Waals surface area contributed by atoms with E-state index in [1.165, 1.54) is 0 Å². The van der Waals surface area contributed by atoms with Crippen LogP contribution in [0.2, 0.25) is 0 Å². The Balaban J connectivity index is 2.67. The van der Waals surface area contributed by atoms with Crippen molar-refractivity contribution in [2.75, 3.05) is 0 Å². The van der Waals surface area contributed by atoms with E-state index in [1.807, 2.05) is 17.6 Å². The molecule has 2 N–H and O–H groups in total. The van der Waals surface area contributed by atoms with E-state index in [0.29, 0.717) is 17.5 Å². The van der Waals surface area contributed by atoms with E-state index in [1.54, 1.807) is 19.1 Å². The molecule has 2 atom stereocenters. The minimum Gasteiger partial charge on any atom is -0.478 e. The number of hydrogen-bond donors (Lipinski definition) is 2. The van der Waals surface area contributed by atoms with E-state index in [4.69, 9.17) is 0 Å². The largest absolute Gasteiger partial charge is 0.478 e. The summed E-state index contributed by atoms with van der Waals surface area (Å²) in [5.41, 5.74) is 1.62. The number of aromatic carboxylic acids is 1. The first-order valence-corrected chi connectivity index (χ1v) is 7.36. The van der Waals surface area contributed by atoms with E-state index >= 15 is 0 Å². The van der Waals surface area contributed by atoms with Crippen molar-refractivity contribution in [3.05, 3.63) is 29.6 Å². The number of hydrogen-bond acceptors (Lipinski definition) is 3. The van der Waals surface area contributed by atoms with Gasteiger partial charge in [0.1, 0.15) is 5.82 Å². The Bertz CT molecular complexity index is 646. The summed E-state index contributed by atoms with van der Waals surface area (Å²) in [6.07, 6.45) is 1.85. The van der Waals surface area contributed by atoms with Crippen LogP contribution in [0.4, 0.5) is 0 Å². The lowest BCUT2D eigenvalue weighted by Gasteiger charge is -2.19. The fourth-order valence-corrected chi connectivity index (χ4v) is 2.84. The third-order valence-corrected chi connectivity index (χ3v) is 3.61. The lowest BCUT2D eigenvalue weighted by atomic mass is 10.1. The Hall–Kier alpha value is -1.88. The molecule has 1 aromatic carbocycles. The summed E-state index contributed by atoms with van der Waals surface area (Å²) in [5.74, 6) is -0.0663. The van der Waals surface area contributed by atoms with Gasteiger partial charge in [-0.2, -0.15) is 0 Å². The van der Waals surface area contributed by atoms with Crippen molar-refractivity contribution in [2.45, 2.75) is 52.2 Å². The first kappa shape index (κ1) is 15.5. The van der Waals surface area contributed by atoms with Crippen molar-refractivity contribution < 1.29 is 15.0 Å². The first-order chi connectivity index (χ1) is 9.95. The molecular weight excluding hydrogens is 268 g/mol. The highest BCUT2D eigenvalue weighted by atomic mass is 16.4. The quantitative estimate of drug-likeness (QED) is 0.857. The van der Waals surface area contributed by atoms with Gasteiger partial charge in [-0.25, -0.2) is 9.78 Å². The maximum atomic E-state index is 11.5. The summed E-state index contributed by atoms with van der Waals surface area (Å²) >= 11 is 0. The molecular formula is C16H22N2O3. The molecule has 0 saturated carbocycles. The van der Waals surface area contributed by atoms with Crippen molar-refractivity contribution in [2.24, 2.45) is 0 Å². The van der Waals surface area contributed by atoms with Gasteiger partial charge in [-0.3, -0.25) is 0 Å². The maximum absolute atomic E-state index is 11.5. The number of aromatic nitrogens is 2. The van der Waals surface area contributed by atoms with Crippen molar-refractivity contribution in [1.29, 1.82) is 0 Å². The van der Waals surface area contributed by atoms with Gasteiger partial charge in [-0.1, -0.05) is 13.0 Å². The summed E-state index contributed by atoms with van der Waals surface area (Å²) in [6.45, 7) is 5.81. The van der Waals surface area contributed by atoms with Crippen LogP contribution in [0.15, 0.2) is 18.2 Å². The van der Waals surface area contributed by atoms with Gasteiger partial charge in [0.05, 0.1) is 22.7 Å². The highest BCUT2D eigenvalue weighted by Crippen LogP contribution is 2.27. The van der Waals surface area contributed by atoms with Gasteiger partial charge < -0.3 is 14.8 Å². The number of rotatable bonds is 6. The molecule has 0 aliphatic heterocycles. The molecule has 5 heteroatoms. The average molecular weight is 290 g/mol. The number of fused-ring (bicyclic) bond motifs is 1. The number of aliphatic hydroxyl groups excluding tert-OH is 1. The van der Waals surface area contributed by atoms with Gasteiger partial charge in [-0.15, -0.1) is 0 Å². The Morgan fingerprint density at radius 2 is 2.10 bits per heavy atom. The number of benzene rings is 1. The molecule has 0 aliphatic carbocycles. The number of aryl methyl sites for hydroxylation is 1. The number of carboxylic acids is 1. The van der Waals surface area contributed by atoms with E-state index < -0.39 is 12.1 Å². The zero-order chi connectivity index (χ0) is 15.6. The smallest absolute Gasteiger partial charge is 0.337 e. The van der Waals surface area contributed by atoms with Crippen LogP contribution >= 0.6 is 0 Å². The molecule has 1 aromatic heterocycles. The lowest BCUT2D eigenvalue weighted by Crippen LogP contribution is -2.16. The SMILES string of the molecule is CCCc1nc2cccc(C(=O)O)c2n1C(C)CC(C)O. The Morgan fingerprint density at radius 1 is 1.38 bits per heavy atom. The van der Waals surface area contributed by atoms with Gasteiger partial charge in [-0.05, 0) is 38.8 Å². The standard InChI is InChI=1S/C16H22N2O3/c1-4-6-14-17-13-8-5-7-12(16(20)21)15(13)18(14)10(2)9-11(3)19/h5,7-8,10-11,19H,4,6,9H2,1-3H3,(H,20,21). The molecule has 0 fully saturated rings. The van der Waals surface area contributed by atoms with Crippen molar-refractivity contribution in [3.63, 3.8) is 0 Å². The summed E-state index contributed by atoms with van der Waals surface area (Å²) < 4.78 is 1.98. The van der Waals surface area contributed by atoms with Gasteiger partial charge in [0.2, 0.25) is 0 Å². The van der Waals surface area contributed by atoms with Crippen LogP contribution in [0.1, 0.15) is 55.8 Å². The van der Waals surface area contributed by atoms with Crippen molar-refractivity contribution in [3.8, 4) is 0 Å². The minimum absolute atomic E-state index is 0.00273.